The first kappa shape index (κ1) is 20.6. The zero-order valence-electron chi connectivity index (χ0n) is 16.4. The Labute approximate surface area is 173 Å². The van der Waals surface area contributed by atoms with Crippen molar-refractivity contribution in [1.29, 1.82) is 0 Å². The van der Waals surface area contributed by atoms with Crippen molar-refractivity contribution < 1.29 is 4.79 Å². The van der Waals surface area contributed by atoms with Gasteiger partial charge in [-0.1, -0.05) is 67.0 Å². The van der Waals surface area contributed by atoms with Crippen LogP contribution in [0.5, 0.6) is 0 Å². The van der Waals surface area contributed by atoms with Gasteiger partial charge >= 0.3 is 0 Å². The van der Waals surface area contributed by atoms with Crippen LogP contribution in [-0.4, -0.2) is 20.6 Å². The first-order valence-electron chi connectivity index (χ1n) is 9.24. The number of thioether (sulfide) groups is 1. The van der Waals surface area contributed by atoms with Crippen LogP contribution >= 0.6 is 23.4 Å². The number of aromatic nitrogens is 2. The molecule has 0 radical (unpaired) electrons. The zero-order chi connectivity index (χ0) is 20.4. The standard InChI is InChI=1S/C22H23ClN2O2S/c1-13(2)12-25-21(27)18-10-9-17(23)11-19(18)24-22(25)28-15(4)20(26)16-7-5-14(3)6-8-16/h5-11,13,15H,12H2,1-4H3. The van der Waals surface area contributed by atoms with E-state index < -0.39 is 0 Å². The Balaban J connectivity index is 2.01. The van der Waals surface area contributed by atoms with Crippen molar-refractivity contribution >= 4 is 40.0 Å². The second kappa shape index (κ2) is 8.50. The number of fused-ring (bicyclic) bond motifs is 1. The van der Waals surface area contributed by atoms with Crippen LogP contribution in [-0.2, 0) is 6.54 Å². The van der Waals surface area contributed by atoms with Crippen molar-refractivity contribution in [1.82, 2.24) is 9.55 Å². The molecule has 0 aliphatic carbocycles. The summed E-state index contributed by atoms with van der Waals surface area (Å²) in [6.45, 7) is 8.47. The number of hydrogen-bond acceptors (Lipinski definition) is 4. The van der Waals surface area contributed by atoms with Crippen LogP contribution < -0.4 is 5.56 Å². The average Bonchev–Trinajstić information content (AvgIpc) is 2.64. The highest BCUT2D eigenvalue weighted by molar-refractivity contribution is 8.00. The lowest BCUT2D eigenvalue weighted by Gasteiger charge is -2.17. The van der Waals surface area contributed by atoms with Crippen molar-refractivity contribution in [2.75, 3.05) is 0 Å². The molecule has 0 saturated heterocycles. The number of aryl methyl sites for hydroxylation is 1. The molecule has 0 fully saturated rings. The number of halogens is 1. The van der Waals surface area contributed by atoms with E-state index in [9.17, 15) is 9.59 Å². The normalized spacial score (nSPS) is 12.5. The number of hydrogen-bond donors (Lipinski definition) is 0. The fourth-order valence-electron chi connectivity index (χ4n) is 2.95. The second-order valence-corrected chi connectivity index (χ2v) is 9.10. The number of carbonyl (C=O) groups excluding carboxylic acids is 1. The van der Waals surface area contributed by atoms with E-state index in [0.717, 1.165) is 5.56 Å². The zero-order valence-corrected chi connectivity index (χ0v) is 18.0. The van der Waals surface area contributed by atoms with Gasteiger partial charge in [0.05, 0.1) is 16.2 Å². The summed E-state index contributed by atoms with van der Waals surface area (Å²) >= 11 is 7.40. The van der Waals surface area contributed by atoms with Gasteiger partial charge < -0.3 is 0 Å². The third-order valence-corrected chi connectivity index (χ3v) is 5.74. The predicted molar refractivity (Wildman–Crippen MR) is 117 cm³/mol. The van der Waals surface area contributed by atoms with Crippen LogP contribution in [0.3, 0.4) is 0 Å². The smallest absolute Gasteiger partial charge is 0.262 e. The Bertz CT molecular complexity index is 1070. The molecule has 0 bridgehead atoms. The van der Waals surface area contributed by atoms with Crippen molar-refractivity contribution in [2.24, 2.45) is 5.92 Å². The van der Waals surface area contributed by atoms with Crippen LogP contribution in [0.1, 0.15) is 36.7 Å². The Morgan fingerprint density at radius 1 is 1.14 bits per heavy atom. The van der Waals surface area contributed by atoms with Crippen molar-refractivity contribution in [3.05, 3.63) is 69.0 Å². The molecule has 1 heterocycles. The summed E-state index contributed by atoms with van der Waals surface area (Å²) in [5.74, 6) is 0.285. The monoisotopic (exact) mass is 414 g/mol. The number of nitrogens with zero attached hydrogens (tertiary/aromatic N) is 2. The maximum Gasteiger partial charge on any atom is 0.262 e. The quantitative estimate of drug-likeness (QED) is 0.309. The van der Waals surface area contributed by atoms with Gasteiger partial charge in [-0.05, 0) is 38.0 Å². The van der Waals surface area contributed by atoms with Crippen LogP contribution in [0.4, 0.5) is 0 Å². The number of carbonyl (C=O) groups is 1. The summed E-state index contributed by atoms with van der Waals surface area (Å²) < 4.78 is 1.67. The molecule has 1 atom stereocenters. The summed E-state index contributed by atoms with van der Waals surface area (Å²) in [7, 11) is 0. The number of rotatable bonds is 6. The maximum absolute atomic E-state index is 13.0. The first-order chi connectivity index (χ1) is 13.3. The lowest BCUT2D eigenvalue weighted by Crippen LogP contribution is -2.26. The van der Waals surface area contributed by atoms with E-state index in [1.807, 2.05) is 52.0 Å². The molecule has 6 heteroatoms. The van der Waals surface area contributed by atoms with Gasteiger partial charge in [0, 0.05) is 17.1 Å². The Morgan fingerprint density at radius 3 is 2.46 bits per heavy atom. The summed E-state index contributed by atoms with van der Waals surface area (Å²) in [6.07, 6.45) is 0. The van der Waals surface area contributed by atoms with Gasteiger partial charge in [0.2, 0.25) is 0 Å². The molecule has 2 aromatic carbocycles. The first-order valence-corrected chi connectivity index (χ1v) is 10.5. The van der Waals surface area contributed by atoms with Gasteiger partial charge in [-0.25, -0.2) is 4.98 Å². The highest BCUT2D eigenvalue weighted by Crippen LogP contribution is 2.26. The van der Waals surface area contributed by atoms with Crippen molar-refractivity contribution in [2.45, 2.75) is 44.6 Å². The van der Waals surface area contributed by atoms with Gasteiger partial charge in [0.25, 0.3) is 5.56 Å². The predicted octanol–water partition coefficient (Wildman–Crippen LogP) is 5.38. The summed E-state index contributed by atoms with van der Waals surface area (Å²) in [4.78, 5) is 30.5. The highest BCUT2D eigenvalue weighted by atomic mass is 35.5. The van der Waals surface area contributed by atoms with E-state index in [0.29, 0.717) is 33.2 Å². The third-order valence-electron chi connectivity index (χ3n) is 4.42. The lowest BCUT2D eigenvalue weighted by atomic mass is 10.1. The minimum atomic E-state index is -0.371. The highest BCUT2D eigenvalue weighted by Gasteiger charge is 2.21. The molecule has 3 aromatic rings. The molecule has 0 spiro atoms. The molecule has 0 aliphatic heterocycles. The van der Waals surface area contributed by atoms with Gasteiger partial charge in [0.1, 0.15) is 0 Å². The Morgan fingerprint density at radius 2 is 1.82 bits per heavy atom. The summed E-state index contributed by atoms with van der Waals surface area (Å²) in [6, 6.07) is 12.6. The molecule has 0 N–H and O–H groups in total. The molecule has 1 aromatic heterocycles. The Kier molecular flexibility index (Phi) is 6.26. The number of Topliss-reactive ketones (excluding diaryl/α,β-unsaturated/α-hetero) is 1. The van der Waals surface area contributed by atoms with Gasteiger partial charge in [-0.3, -0.25) is 14.2 Å². The topological polar surface area (TPSA) is 52.0 Å². The molecule has 0 saturated carbocycles. The molecular formula is C22H23ClN2O2S. The molecule has 146 valence electrons. The fourth-order valence-corrected chi connectivity index (χ4v) is 4.12. The van der Waals surface area contributed by atoms with E-state index in [4.69, 9.17) is 11.6 Å². The molecular weight excluding hydrogens is 392 g/mol. The van der Waals surface area contributed by atoms with E-state index in [2.05, 4.69) is 4.98 Å². The molecule has 1 unspecified atom stereocenters. The van der Waals surface area contributed by atoms with E-state index in [1.54, 1.807) is 22.8 Å². The van der Waals surface area contributed by atoms with Crippen molar-refractivity contribution in [3.63, 3.8) is 0 Å². The summed E-state index contributed by atoms with van der Waals surface area (Å²) in [5, 5.41) is 1.23. The minimum absolute atomic E-state index is 0.0153. The summed E-state index contributed by atoms with van der Waals surface area (Å²) in [5.41, 5.74) is 2.21. The maximum atomic E-state index is 13.0. The molecule has 4 nitrogen and oxygen atoms in total. The minimum Gasteiger partial charge on any atom is -0.293 e. The molecule has 28 heavy (non-hydrogen) atoms. The lowest BCUT2D eigenvalue weighted by molar-refractivity contribution is 0.0994. The fraction of sp³-hybridized carbons (Fsp3) is 0.318. The Hall–Kier alpha value is -2.11. The van der Waals surface area contributed by atoms with Crippen LogP contribution in [0.15, 0.2) is 52.4 Å². The van der Waals surface area contributed by atoms with Crippen LogP contribution in [0.2, 0.25) is 5.02 Å². The van der Waals surface area contributed by atoms with Crippen LogP contribution in [0.25, 0.3) is 10.9 Å². The SMILES string of the molecule is Cc1ccc(C(=O)C(C)Sc2nc3cc(Cl)ccc3c(=O)n2CC(C)C)cc1. The van der Waals surface area contributed by atoms with Crippen LogP contribution in [0, 0.1) is 12.8 Å². The van der Waals surface area contributed by atoms with Gasteiger partial charge in [-0.2, -0.15) is 0 Å². The van der Waals surface area contributed by atoms with Gasteiger partial charge in [-0.15, -0.1) is 0 Å². The van der Waals surface area contributed by atoms with E-state index in [1.165, 1.54) is 11.8 Å². The number of ketones is 1. The third kappa shape index (κ3) is 4.47. The van der Waals surface area contributed by atoms with Crippen molar-refractivity contribution in [3.8, 4) is 0 Å². The van der Waals surface area contributed by atoms with E-state index >= 15 is 0 Å². The number of benzene rings is 2. The molecule has 0 amide bonds. The van der Waals surface area contributed by atoms with E-state index in [-0.39, 0.29) is 22.5 Å². The van der Waals surface area contributed by atoms with Gasteiger partial charge in [0.15, 0.2) is 10.9 Å². The second-order valence-electron chi connectivity index (χ2n) is 7.36. The molecule has 0 aliphatic rings. The molecule has 3 rings (SSSR count). The largest absolute Gasteiger partial charge is 0.293 e. The average molecular weight is 415 g/mol.